The van der Waals surface area contributed by atoms with Gasteiger partial charge in [-0.05, 0) is 108 Å². The SMILES string of the molecule is CC[C@H]1OC(=O)[C@H](C)[C@@H](O[C@H]2C[C@@](C)(OC)[C@@H](O)[C@H](C)O2)[C@H](C)[C@@H](O[C@@H]2O[C@H](C)C[C@H](N(C)C)[C@H]2OCCCNC(=O)c2cnc(C)cn2)[C@](C)(O)C[C@@H](C)CN(C)[C@H](C)[C@@H](O)[C@]1(C)O. The summed E-state index contributed by atoms with van der Waals surface area (Å²) in [5, 5.41) is 50.4. The van der Waals surface area contributed by atoms with E-state index in [-0.39, 0.29) is 55.5 Å². The Kier molecular flexibility index (Phi) is 19.7. The van der Waals surface area contributed by atoms with Gasteiger partial charge in [0.25, 0.3) is 5.91 Å². The molecular formula is C47H83N5O13. The van der Waals surface area contributed by atoms with Gasteiger partial charge in [0.15, 0.2) is 12.6 Å². The first-order valence-corrected chi connectivity index (χ1v) is 23.5. The zero-order valence-electron chi connectivity index (χ0n) is 41.7. The molecule has 3 aliphatic rings. The molecule has 1 aromatic heterocycles. The second-order valence-corrected chi connectivity index (χ2v) is 20.2. The Morgan fingerprint density at radius 1 is 0.985 bits per heavy atom. The summed E-state index contributed by atoms with van der Waals surface area (Å²) in [5.41, 5.74) is -3.54. The quantitative estimate of drug-likeness (QED) is 0.142. The molecular weight excluding hydrogens is 843 g/mol. The summed E-state index contributed by atoms with van der Waals surface area (Å²) in [6, 6.07) is -0.729. The summed E-state index contributed by atoms with van der Waals surface area (Å²) >= 11 is 0. The van der Waals surface area contributed by atoms with Gasteiger partial charge in [0.1, 0.15) is 35.7 Å². The lowest BCUT2D eigenvalue weighted by Gasteiger charge is -2.49. The summed E-state index contributed by atoms with van der Waals surface area (Å²) < 4.78 is 45.4. The Morgan fingerprint density at radius 2 is 1.66 bits per heavy atom. The molecule has 0 spiro atoms. The van der Waals surface area contributed by atoms with Gasteiger partial charge in [-0.1, -0.05) is 20.8 Å². The average Bonchev–Trinajstić information content (AvgIpc) is 3.24. The molecule has 3 saturated heterocycles. The maximum absolute atomic E-state index is 14.5. The first-order chi connectivity index (χ1) is 30.3. The molecule has 4 heterocycles. The zero-order chi connectivity index (χ0) is 48.8. The van der Waals surface area contributed by atoms with Crippen LogP contribution in [0.4, 0.5) is 0 Å². The molecule has 0 aromatic carbocycles. The number of esters is 1. The Balaban J connectivity index is 1.75. The van der Waals surface area contributed by atoms with Crippen LogP contribution in [0.3, 0.4) is 0 Å². The standard InChI is InChI=1S/C47H83N5O13/c1-16-35-47(11,58)39(53)31(7)52(14)25-26(2)21-45(9,57)41(29(5)37(30(6)43(56)63-35)64-36-22-46(10,59-15)40(54)32(8)62-36)65-44-38(34(51(12)13)20-28(4)61-44)60-19-17-18-48-42(55)33-24-49-27(3)23-50-33/h23-24,26,28-32,34-41,44,53-54,57-58H,16-22,25H2,1-15H3,(H,48,55)/t26-,28-,29+,30-,31-,32+,34+,35-,36+,37+,38-,39-,40+,41-,44+,45-,46-,47-/m1/s1. The van der Waals surface area contributed by atoms with E-state index in [1.54, 1.807) is 47.7 Å². The number of aliphatic hydroxyl groups is 4. The lowest BCUT2D eigenvalue weighted by molar-refractivity contribution is -0.321. The zero-order valence-corrected chi connectivity index (χ0v) is 41.7. The van der Waals surface area contributed by atoms with Crippen LogP contribution in [0.1, 0.15) is 118 Å². The fourth-order valence-corrected chi connectivity index (χ4v) is 10.00. The minimum atomic E-state index is -1.83. The number of ether oxygens (including phenoxy) is 7. The number of aromatic nitrogens is 2. The predicted molar refractivity (Wildman–Crippen MR) is 242 cm³/mol. The number of likely N-dealkylation sites (N-methyl/N-ethyl adjacent to an activating group) is 2. The van der Waals surface area contributed by atoms with Crippen molar-refractivity contribution >= 4 is 11.9 Å². The van der Waals surface area contributed by atoms with Crippen LogP contribution in [0.2, 0.25) is 0 Å². The number of aliphatic hydroxyl groups excluding tert-OH is 2. The van der Waals surface area contributed by atoms with Crippen molar-refractivity contribution < 1.29 is 63.2 Å². The highest BCUT2D eigenvalue weighted by Crippen LogP contribution is 2.40. The summed E-state index contributed by atoms with van der Waals surface area (Å²) in [4.78, 5) is 39.6. The van der Waals surface area contributed by atoms with E-state index < -0.39 is 96.0 Å². The van der Waals surface area contributed by atoms with Gasteiger partial charge in [-0.2, -0.15) is 0 Å². The molecule has 0 saturated carbocycles. The van der Waals surface area contributed by atoms with Crippen molar-refractivity contribution in [2.45, 2.75) is 199 Å². The number of rotatable bonds is 13. The molecule has 65 heavy (non-hydrogen) atoms. The first kappa shape index (κ1) is 55.1. The molecule has 3 fully saturated rings. The third kappa shape index (κ3) is 13.6. The second kappa shape index (κ2) is 23.2. The number of carbonyl (C=O) groups excluding carboxylic acids is 2. The van der Waals surface area contributed by atoms with E-state index in [9.17, 15) is 30.0 Å². The number of cyclic esters (lactones) is 1. The summed E-state index contributed by atoms with van der Waals surface area (Å²) in [6.45, 7) is 20.6. The van der Waals surface area contributed by atoms with Crippen molar-refractivity contribution in [3.8, 4) is 0 Å². The van der Waals surface area contributed by atoms with Crippen LogP contribution in [0.25, 0.3) is 0 Å². The van der Waals surface area contributed by atoms with Crippen LogP contribution in [-0.4, -0.2) is 190 Å². The molecule has 5 N–H and O–H groups in total. The number of methoxy groups -OCH3 is 1. The van der Waals surface area contributed by atoms with Crippen LogP contribution in [0.15, 0.2) is 12.4 Å². The maximum atomic E-state index is 14.5. The van der Waals surface area contributed by atoms with Gasteiger partial charge in [-0.15, -0.1) is 0 Å². The smallest absolute Gasteiger partial charge is 0.311 e. The molecule has 0 radical (unpaired) electrons. The number of amides is 1. The Bertz CT molecular complexity index is 1660. The maximum Gasteiger partial charge on any atom is 0.311 e. The van der Waals surface area contributed by atoms with Gasteiger partial charge < -0.3 is 68.7 Å². The van der Waals surface area contributed by atoms with Crippen LogP contribution in [-0.2, 0) is 38.0 Å². The average molecular weight is 926 g/mol. The number of carbonyl (C=O) groups is 2. The second-order valence-electron chi connectivity index (χ2n) is 20.2. The third-order valence-electron chi connectivity index (χ3n) is 14.1. The van der Waals surface area contributed by atoms with E-state index in [0.29, 0.717) is 31.6 Å². The molecule has 18 atom stereocenters. The van der Waals surface area contributed by atoms with E-state index in [0.717, 1.165) is 0 Å². The molecule has 374 valence electrons. The minimum Gasteiger partial charge on any atom is -0.459 e. The molecule has 0 unspecified atom stereocenters. The predicted octanol–water partition coefficient (Wildman–Crippen LogP) is 2.84. The van der Waals surface area contributed by atoms with E-state index in [2.05, 4.69) is 20.2 Å². The van der Waals surface area contributed by atoms with Crippen LogP contribution in [0, 0.1) is 24.7 Å². The molecule has 18 nitrogen and oxygen atoms in total. The van der Waals surface area contributed by atoms with Crippen molar-refractivity contribution in [3.05, 3.63) is 23.8 Å². The van der Waals surface area contributed by atoms with Gasteiger partial charge in [-0.3, -0.25) is 14.6 Å². The lowest BCUT2D eigenvalue weighted by atomic mass is 9.77. The first-order valence-electron chi connectivity index (χ1n) is 23.5. The van der Waals surface area contributed by atoms with Gasteiger partial charge >= 0.3 is 5.97 Å². The molecule has 0 aliphatic carbocycles. The third-order valence-corrected chi connectivity index (χ3v) is 14.1. The van der Waals surface area contributed by atoms with Crippen LogP contribution >= 0.6 is 0 Å². The summed E-state index contributed by atoms with van der Waals surface area (Å²) in [6.07, 6.45) is -4.42. The molecule has 3 aliphatic heterocycles. The monoisotopic (exact) mass is 926 g/mol. The lowest BCUT2D eigenvalue weighted by Crippen LogP contribution is -2.61. The highest BCUT2D eigenvalue weighted by Gasteiger charge is 2.53. The highest BCUT2D eigenvalue weighted by molar-refractivity contribution is 5.91. The summed E-state index contributed by atoms with van der Waals surface area (Å²) in [7, 11) is 7.29. The Morgan fingerprint density at radius 3 is 2.26 bits per heavy atom. The number of aryl methyl sites for hydroxylation is 1. The minimum absolute atomic E-state index is 0.115. The fourth-order valence-electron chi connectivity index (χ4n) is 10.00. The molecule has 18 heteroatoms. The van der Waals surface area contributed by atoms with Crippen molar-refractivity contribution in [2.24, 2.45) is 17.8 Å². The Labute approximate surface area is 387 Å². The highest BCUT2D eigenvalue weighted by atomic mass is 16.7. The number of hydrogen-bond donors (Lipinski definition) is 5. The van der Waals surface area contributed by atoms with Crippen LogP contribution in [0.5, 0.6) is 0 Å². The largest absolute Gasteiger partial charge is 0.459 e. The number of nitrogens with one attached hydrogen (secondary N) is 1. The summed E-state index contributed by atoms with van der Waals surface area (Å²) in [5.74, 6) is -3.01. The van der Waals surface area contributed by atoms with Crippen molar-refractivity contribution in [2.75, 3.05) is 47.9 Å². The number of nitrogens with zero attached hydrogens (tertiary/aromatic N) is 4. The van der Waals surface area contributed by atoms with Gasteiger partial charge in [0.2, 0.25) is 0 Å². The fraction of sp³-hybridized carbons (Fsp3) is 0.872. The van der Waals surface area contributed by atoms with E-state index >= 15 is 0 Å². The molecule has 4 rings (SSSR count). The molecule has 0 bridgehead atoms. The van der Waals surface area contributed by atoms with Gasteiger partial charge in [-0.25, -0.2) is 4.98 Å². The topological polar surface area (TPSA) is 224 Å². The van der Waals surface area contributed by atoms with Crippen molar-refractivity contribution in [1.29, 1.82) is 0 Å². The van der Waals surface area contributed by atoms with Gasteiger partial charge in [0.05, 0.1) is 53.4 Å². The van der Waals surface area contributed by atoms with Gasteiger partial charge in [0, 0.05) is 57.4 Å². The number of hydrogen-bond acceptors (Lipinski definition) is 17. The van der Waals surface area contributed by atoms with Crippen molar-refractivity contribution in [3.63, 3.8) is 0 Å². The Hall–Kier alpha value is -2.46. The van der Waals surface area contributed by atoms with Crippen LogP contribution < -0.4 is 5.32 Å². The molecule has 1 aromatic rings. The van der Waals surface area contributed by atoms with Crippen molar-refractivity contribution in [1.82, 2.24) is 25.1 Å². The van der Waals surface area contributed by atoms with E-state index in [4.69, 9.17) is 33.2 Å². The normalized spacial score (nSPS) is 41.9. The van der Waals surface area contributed by atoms with E-state index in [1.807, 2.05) is 53.7 Å². The van der Waals surface area contributed by atoms with E-state index in [1.165, 1.54) is 20.2 Å². The molecule has 1 amide bonds.